The van der Waals surface area contributed by atoms with Crippen molar-refractivity contribution in [2.45, 2.75) is 25.1 Å². The largest absolute Gasteiger partial charge is 0.490 e. The molecule has 1 aromatic carbocycles. The summed E-state index contributed by atoms with van der Waals surface area (Å²) in [5, 5.41) is 15.8. The second-order valence-electron chi connectivity index (χ2n) is 8.75. The summed E-state index contributed by atoms with van der Waals surface area (Å²) in [5.41, 5.74) is 2.11. The molecule has 0 aliphatic carbocycles. The Balaban J connectivity index is 1.47. The number of nitro benzene ring substituents is 1. The Bertz CT molecular complexity index is 1090. The molecule has 10 nitrogen and oxygen atoms in total. The molecule has 2 aliphatic heterocycles. The number of amides is 1. The predicted octanol–water partition coefficient (Wildman–Crippen LogP) is 2.68. The highest BCUT2D eigenvalue weighted by molar-refractivity contribution is 5.83. The lowest BCUT2D eigenvalue weighted by atomic mass is 9.98. The Labute approximate surface area is 200 Å². The molecule has 0 spiro atoms. The third-order valence-corrected chi connectivity index (χ3v) is 6.68. The Morgan fingerprint density at radius 3 is 2.31 bits per heavy atom. The van der Waals surface area contributed by atoms with Crippen LogP contribution in [0.15, 0.2) is 24.5 Å². The number of aryl methyl sites for hydroxylation is 1. The minimum Gasteiger partial charge on any atom is -0.490 e. The van der Waals surface area contributed by atoms with Gasteiger partial charge in [0.2, 0.25) is 0 Å². The molecule has 0 unspecified atom stereocenters. The molecule has 4 rings (SSSR count). The zero-order chi connectivity index (χ0) is 25.3. The van der Waals surface area contributed by atoms with Crippen molar-refractivity contribution >= 4 is 17.3 Å². The zero-order valence-electron chi connectivity index (χ0n) is 19.5. The van der Waals surface area contributed by atoms with E-state index in [9.17, 15) is 28.1 Å². The van der Waals surface area contributed by atoms with Crippen molar-refractivity contribution in [3.63, 3.8) is 0 Å². The Kier molecular flexibility index (Phi) is 6.88. The van der Waals surface area contributed by atoms with Gasteiger partial charge in [0.05, 0.1) is 18.2 Å². The van der Waals surface area contributed by atoms with Crippen LogP contribution in [0.5, 0.6) is 5.75 Å². The smallest absolute Gasteiger partial charge is 0.471 e. The summed E-state index contributed by atoms with van der Waals surface area (Å²) in [6.45, 7) is 2.26. The van der Waals surface area contributed by atoms with Gasteiger partial charge < -0.3 is 14.5 Å². The van der Waals surface area contributed by atoms with Crippen LogP contribution < -0.4 is 9.64 Å². The van der Waals surface area contributed by atoms with Crippen LogP contribution in [0.25, 0.3) is 11.1 Å². The van der Waals surface area contributed by atoms with Crippen LogP contribution in [0.3, 0.4) is 0 Å². The van der Waals surface area contributed by atoms with Gasteiger partial charge >= 0.3 is 17.8 Å². The van der Waals surface area contributed by atoms with E-state index < -0.39 is 17.0 Å². The normalized spacial score (nSPS) is 18.1. The number of halogens is 3. The molecule has 0 N–H and O–H groups in total. The molecule has 0 radical (unpaired) electrons. The molecule has 2 aromatic rings. The fourth-order valence-electron chi connectivity index (χ4n) is 4.86. The number of alkyl halides is 3. The summed E-state index contributed by atoms with van der Waals surface area (Å²) in [7, 11) is 3.17. The highest BCUT2D eigenvalue weighted by atomic mass is 19.4. The molecule has 1 aromatic heterocycles. The van der Waals surface area contributed by atoms with Crippen LogP contribution in [-0.4, -0.2) is 89.0 Å². The summed E-state index contributed by atoms with van der Waals surface area (Å²) in [4.78, 5) is 27.8. The van der Waals surface area contributed by atoms with E-state index in [1.165, 1.54) is 13.2 Å². The van der Waals surface area contributed by atoms with Gasteiger partial charge in [-0.1, -0.05) is 0 Å². The van der Waals surface area contributed by atoms with Gasteiger partial charge in [0, 0.05) is 87.5 Å². The van der Waals surface area contributed by atoms with Crippen LogP contribution in [0.4, 0.5) is 24.5 Å². The number of anilines is 1. The van der Waals surface area contributed by atoms with Crippen molar-refractivity contribution in [2.75, 3.05) is 51.3 Å². The van der Waals surface area contributed by atoms with E-state index in [1.807, 2.05) is 0 Å². The average molecular weight is 496 g/mol. The molecule has 13 heteroatoms. The molecule has 3 heterocycles. The molecule has 2 fully saturated rings. The minimum atomic E-state index is -4.84. The van der Waals surface area contributed by atoms with Gasteiger partial charge in [-0.05, 0) is 12.8 Å². The lowest BCUT2D eigenvalue weighted by Crippen LogP contribution is -2.56. The first kappa shape index (κ1) is 24.8. The number of methoxy groups -OCH3 is 1. The standard InChI is InChI=1S/C22H27F3N6O4/c1-27-14-15(13-26-27)17-11-19(31(33)34)20(35-2)12-18(17)29-5-3-16(4-6-29)28-7-9-30(10-8-28)21(32)22(23,24)25/h11-14,16H,3-10H2,1-2H3. The third kappa shape index (κ3) is 5.19. The summed E-state index contributed by atoms with van der Waals surface area (Å²) < 4.78 is 45.0. The van der Waals surface area contributed by atoms with Gasteiger partial charge in [-0.3, -0.25) is 24.5 Å². The third-order valence-electron chi connectivity index (χ3n) is 6.68. The number of ether oxygens (including phenoxy) is 1. The Hall–Kier alpha value is -3.35. The number of hydrogen-bond donors (Lipinski definition) is 0. The van der Waals surface area contributed by atoms with Crippen LogP contribution in [0, 0.1) is 10.1 Å². The zero-order valence-corrected chi connectivity index (χ0v) is 19.5. The average Bonchev–Trinajstić information content (AvgIpc) is 3.28. The number of nitrogens with zero attached hydrogens (tertiary/aromatic N) is 6. The first-order valence-electron chi connectivity index (χ1n) is 11.3. The number of benzene rings is 1. The van der Waals surface area contributed by atoms with Crippen molar-refractivity contribution in [1.82, 2.24) is 19.6 Å². The Morgan fingerprint density at radius 1 is 1.14 bits per heavy atom. The first-order valence-corrected chi connectivity index (χ1v) is 11.3. The van der Waals surface area contributed by atoms with Gasteiger partial charge in [-0.2, -0.15) is 18.3 Å². The molecule has 0 atom stereocenters. The lowest BCUT2D eigenvalue weighted by molar-refractivity contribution is -0.385. The van der Waals surface area contributed by atoms with Crippen LogP contribution in [-0.2, 0) is 11.8 Å². The van der Waals surface area contributed by atoms with Crippen molar-refractivity contribution in [1.29, 1.82) is 0 Å². The second-order valence-corrected chi connectivity index (χ2v) is 8.75. The molecular weight excluding hydrogens is 469 g/mol. The van der Waals surface area contributed by atoms with E-state index in [-0.39, 0.29) is 30.6 Å². The minimum absolute atomic E-state index is 0.0588. The number of rotatable bonds is 5. The van der Waals surface area contributed by atoms with Gasteiger partial charge in [-0.15, -0.1) is 0 Å². The predicted molar refractivity (Wildman–Crippen MR) is 121 cm³/mol. The molecule has 2 aliphatic rings. The van der Waals surface area contributed by atoms with E-state index in [2.05, 4.69) is 14.9 Å². The number of nitro groups is 1. The summed E-state index contributed by atoms with van der Waals surface area (Å²) in [5.74, 6) is -1.60. The number of piperidine rings is 1. The topological polar surface area (TPSA) is 97.0 Å². The van der Waals surface area contributed by atoms with E-state index in [0.717, 1.165) is 29.0 Å². The Morgan fingerprint density at radius 2 is 1.80 bits per heavy atom. The fourth-order valence-corrected chi connectivity index (χ4v) is 4.86. The van der Waals surface area contributed by atoms with Gasteiger partial charge in [0.15, 0.2) is 5.75 Å². The first-order chi connectivity index (χ1) is 16.6. The van der Waals surface area contributed by atoms with Crippen molar-refractivity contribution in [3.8, 4) is 16.9 Å². The number of piperazine rings is 1. The maximum absolute atomic E-state index is 12.7. The van der Waals surface area contributed by atoms with Gasteiger partial charge in [0.1, 0.15) is 0 Å². The molecule has 190 valence electrons. The summed E-state index contributed by atoms with van der Waals surface area (Å²) in [6, 6.07) is 3.38. The molecule has 1 amide bonds. The molecule has 2 saturated heterocycles. The number of carbonyl (C=O) groups excluding carboxylic acids is 1. The van der Waals surface area contributed by atoms with E-state index in [0.29, 0.717) is 31.7 Å². The van der Waals surface area contributed by atoms with E-state index in [1.54, 1.807) is 30.2 Å². The number of aromatic nitrogens is 2. The highest BCUT2D eigenvalue weighted by Crippen LogP contribution is 2.41. The highest BCUT2D eigenvalue weighted by Gasteiger charge is 2.43. The van der Waals surface area contributed by atoms with Crippen LogP contribution >= 0.6 is 0 Å². The monoisotopic (exact) mass is 496 g/mol. The maximum atomic E-state index is 12.7. The number of carbonyl (C=O) groups is 1. The van der Waals surface area contributed by atoms with Crippen LogP contribution in [0.1, 0.15) is 12.8 Å². The molecule has 35 heavy (non-hydrogen) atoms. The fraction of sp³-hybridized carbons (Fsp3) is 0.545. The number of hydrogen-bond acceptors (Lipinski definition) is 7. The SMILES string of the molecule is COc1cc(N2CCC(N3CCN(C(=O)C(F)(F)F)CC3)CC2)c(-c2cnn(C)c2)cc1[N+](=O)[O-]. The van der Waals surface area contributed by atoms with Crippen molar-refractivity contribution < 1.29 is 27.6 Å². The van der Waals surface area contributed by atoms with Crippen molar-refractivity contribution in [3.05, 3.63) is 34.6 Å². The summed E-state index contributed by atoms with van der Waals surface area (Å²) >= 11 is 0. The lowest BCUT2D eigenvalue weighted by Gasteiger charge is -2.43. The van der Waals surface area contributed by atoms with Crippen molar-refractivity contribution in [2.24, 2.45) is 7.05 Å². The van der Waals surface area contributed by atoms with Gasteiger partial charge in [0.25, 0.3) is 0 Å². The van der Waals surface area contributed by atoms with Crippen LogP contribution in [0.2, 0.25) is 0 Å². The van der Waals surface area contributed by atoms with Gasteiger partial charge in [-0.25, -0.2) is 0 Å². The quantitative estimate of drug-likeness (QED) is 0.464. The molecule has 0 saturated carbocycles. The molecular formula is C22H27F3N6O4. The summed E-state index contributed by atoms with van der Waals surface area (Å²) in [6.07, 6.45) is 0.163. The molecule has 0 bridgehead atoms. The van der Waals surface area contributed by atoms with E-state index in [4.69, 9.17) is 4.74 Å². The maximum Gasteiger partial charge on any atom is 0.471 e. The second kappa shape index (κ2) is 9.72. The van der Waals surface area contributed by atoms with E-state index >= 15 is 0 Å².